The Morgan fingerprint density at radius 1 is 1.57 bits per heavy atom. The summed E-state index contributed by atoms with van der Waals surface area (Å²) in [5.74, 6) is 0.204. The average Bonchev–Trinajstić information content (AvgIpc) is 2.66. The van der Waals surface area contributed by atoms with E-state index < -0.39 is 0 Å². The molecule has 0 aliphatic heterocycles. The van der Waals surface area contributed by atoms with Crippen LogP contribution in [0.3, 0.4) is 0 Å². The number of aryl methyl sites for hydroxylation is 1. The maximum absolute atomic E-state index is 11.3. The van der Waals surface area contributed by atoms with Crippen LogP contribution in [0.4, 0.5) is 0 Å². The molecule has 0 unspecified atom stereocenters. The largest absolute Gasteiger partial charge is 0.385 e. The van der Waals surface area contributed by atoms with E-state index in [4.69, 9.17) is 4.74 Å². The van der Waals surface area contributed by atoms with Gasteiger partial charge in [-0.2, -0.15) is 0 Å². The van der Waals surface area contributed by atoms with E-state index in [1.165, 1.54) is 0 Å². The summed E-state index contributed by atoms with van der Waals surface area (Å²) in [4.78, 5) is 11.3. The van der Waals surface area contributed by atoms with Gasteiger partial charge in [0.05, 0.1) is 0 Å². The van der Waals surface area contributed by atoms with Crippen molar-refractivity contribution in [2.45, 2.75) is 26.3 Å². The molecule has 0 saturated heterocycles. The summed E-state index contributed by atoms with van der Waals surface area (Å²) >= 11 is 0. The first-order valence-electron chi connectivity index (χ1n) is 4.96. The maximum atomic E-state index is 11.3. The van der Waals surface area contributed by atoms with E-state index in [-0.39, 0.29) is 5.78 Å². The number of Topliss-reactive ketones (excluding diaryl/α,β-unsaturated/α-hetero) is 1. The number of hydrogen-bond donors (Lipinski definition) is 0. The first kappa shape index (κ1) is 11.0. The molecule has 0 fully saturated rings. The normalized spacial score (nSPS) is 10.4. The number of carbonyl (C=O) groups is 1. The van der Waals surface area contributed by atoms with Gasteiger partial charge in [0.1, 0.15) is 0 Å². The minimum Gasteiger partial charge on any atom is -0.385 e. The number of rotatable bonds is 6. The highest BCUT2D eigenvalue weighted by molar-refractivity contribution is 5.95. The summed E-state index contributed by atoms with van der Waals surface area (Å²) in [5, 5.41) is 0. The smallest absolute Gasteiger partial charge is 0.164 e. The topological polar surface area (TPSA) is 31.2 Å². The minimum absolute atomic E-state index is 0.204. The van der Waals surface area contributed by atoms with E-state index >= 15 is 0 Å². The van der Waals surface area contributed by atoms with Crippen molar-refractivity contribution in [3.63, 3.8) is 0 Å². The lowest BCUT2D eigenvalue weighted by Crippen LogP contribution is -1.99. The molecule has 3 heteroatoms. The van der Waals surface area contributed by atoms with Crippen LogP contribution in [0.25, 0.3) is 0 Å². The van der Waals surface area contributed by atoms with Crippen molar-refractivity contribution in [2.75, 3.05) is 13.7 Å². The summed E-state index contributed by atoms with van der Waals surface area (Å²) in [6.45, 7) is 3.55. The number of carbonyl (C=O) groups excluding carboxylic acids is 1. The first-order valence-corrected chi connectivity index (χ1v) is 4.96. The Hall–Kier alpha value is -1.09. The van der Waals surface area contributed by atoms with Crippen LogP contribution in [0.2, 0.25) is 0 Å². The highest BCUT2D eigenvalue weighted by Gasteiger charge is 2.03. The molecule has 0 aromatic carbocycles. The highest BCUT2D eigenvalue weighted by Crippen LogP contribution is 2.05. The highest BCUT2D eigenvalue weighted by atomic mass is 16.5. The third kappa shape index (κ3) is 3.00. The summed E-state index contributed by atoms with van der Waals surface area (Å²) < 4.78 is 6.99. The second-order valence-electron chi connectivity index (χ2n) is 3.26. The predicted molar refractivity (Wildman–Crippen MR) is 55.5 cm³/mol. The van der Waals surface area contributed by atoms with Crippen LogP contribution >= 0.6 is 0 Å². The van der Waals surface area contributed by atoms with E-state index in [0.29, 0.717) is 6.42 Å². The van der Waals surface area contributed by atoms with Crippen LogP contribution in [0, 0.1) is 0 Å². The molecular weight excluding hydrogens is 178 g/mol. The van der Waals surface area contributed by atoms with Crippen molar-refractivity contribution >= 4 is 5.78 Å². The minimum atomic E-state index is 0.204. The molecule has 1 rings (SSSR count). The van der Waals surface area contributed by atoms with E-state index in [2.05, 4.69) is 0 Å². The Kier molecular flexibility index (Phi) is 4.40. The van der Waals surface area contributed by atoms with Crippen LogP contribution in [0.15, 0.2) is 18.5 Å². The summed E-state index contributed by atoms with van der Waals surface area (Å²) in [6, 6.07) is 1.87. The van der Waals surface area contributed by atoms with Crippen LogP contribution in [-0.4, -0.2) is 24.1 Å². The van der Waals surface area contributed by atoms with Gasteiger partial charge in [-0.05, 0) is 12.5 Å². The monoisotopic (exact) mass is 195 g/mol. The van der Waals surface area contributed by atoms with Crippen molar-refractivity contribution in [1.29, 1.82) is 0 Å². The molecule has 0 aliphatic rings. The average molecular weight is 195 g/mol. The molecule has 78 valence electrons. The molecule has 1 aromatic heterocycles. The summed E-state index contributed by atoms with van der Waals surface area (Å²) in [7, 11) is 1.70. The Bertz CT molecular complexity index is 291. The lowest BCUT2D eigenvalue weighted by Gasteiger charge is -2.01. The van der Waals surface area contributed by atoms with Gasteiger partial charge < -0.3 is 9.30 Å². The van der Waals surface area contributed by atoms with Crippen LogP contribution in [0.1, 0.15) is 30.1 Å². The Morgan fingerprint density at radius 2 is 2.36 bits per heavy atom. The molecule has 0 amide bonds. The quantitative estimate of drug-likeness (QED) is 0.514. The fourth-order valence-electron chi connectivity index (χ4n) is 1.34. The molecule has 14 heavy (non-hydrogen) atoms. The molecule has 3 nitrogen and oxygen atoms in total. The first-order chi connectivity index (χ1) is 6.77. The van der Waals surface area contributed by atoms with Gasteiger partial charge >= 0.3 is 0 Å². The van der Waals surface area contributed by atoms with Crippen molar-refractivity contribution < 1.29 is 9.53 Å². The molecule has 1 aromatic rings. The van der Waals surface area contributed by atoms with Gasteiger partial charge in [0.15, 0.2) is 5.78 Å². The standard InChI is InChI=1S/C11H17NO2/c1-3-11(13)10-5-7-12(9-10)6-4-8-14-2/h5,7,9H,3-4,6,8H2,1-2H3. The molecule has 0 radical (unpaired) electrons. The molecule has 0 spiro atoms. The SMILES string of the molecule is CCC(=O)c1ccn(CCCOC)c1. The summed E-state index contributed by atoms with van der Waals surface area (Å²) in [5.41, 5.74) is 0.810. The predicted octanol–water partition coefficient (Wildman–Crippen LogP) is 2.12. The van der Waals surface area contributed by atoms with E-state index in [9.17, 15) is 4.79 Å². The Balaban J connectivity index is 2.46. The van der Waals surface area contributed by atoms with Crippen LogP contribution in [-0.2, 0) is 11.3 Å². The van der Waals surface area contributed by atoms with Gasteiger partial charge in [-0.15, -0.1) is 0 Å². The molecule has 1 heterocycles. The molecule has 0 aliphatic carbocycles. The number of aromatic nitrogens is 1. The zero-order valence-corrected chi connectivity index (χ0v) is 8.82. The second kappa shape index (κ2) is 5.60. The Labute approximate surface area is 84.7 Å². The zero-order valence-electron chi connectivity index (χ0n) is 8.82. The van der Waals surface area contributed by atoms with E-state index in [0.717, 1.165) is 25.1 Å². The molecule has 0 saturated carbocycles. The number of methoxy groups -OCH3 is 1. The van der Waals surface area contributed by atoms with Gasteiger partial charge in [-0.3, -0.25) is 4.79 Å². The third-order valence-corrected chi connectivity index (χ3v) is 2.16. The molecule has 0 atom stereocenters. The molecule has 0 N–H and O–H groups in total. The second-order valence-corrected chi connectivity index (χ2v) is 3.26. The van der Waals surface area contributed by atoms with Gasteiger partial charge in [0.2, 0.25) is 0 Å². The zero-order chi connectivity index (χ0) is 10.4. The van der Waals surface area contributed by atoms with E-state index in [1.54, 1.807) is 7.11 Å². The molecule has 0 bridgehead atoms. The number of ketones is 1. The molecular formula is C11H17NO2. The third-order valence-electron chi connectivity index (χ3n) is 2.16. The van der Waals surface area contributed by atoms with Gasteiger partial charge in [0.25, 0.3) is 0 Å². The van der Waals surface area contributed by atoms with Crippen molar-refractivity contribution in [3.8, 4) is 0 Å². The number of hydrogen-bond acceptors (Lipinski definition) is 2. The van der Waals surface area contributed by atoms with Gasteiger partial charge in [-0.25, -0.2) is 0 Å². The van der Waals surface area contributed by atoms with Gasteiger partial charge in [0, 0.05) is 44.6 Å². The Morgan fingerprint density at radius 3 is 3.00 bits per heavy atom. The number of ether oxygens (including phenoxy) is 1. The van der Waals surface area contributed by atoms with Crippen LogP contribution in [0.5, 0.6) is 0 Å². The van der Waals surface area contributed by atoms with Crippen LogP contribution < -0.4 is 0 Å². The maximum Gasteiger partial charge on any atom is 0.164 e. The van der Waals surface area contributed by atoms with E-state index in [1.807, 2.05) is 30.0 Å². The lowest BCUT2D eigenvalue weighted by atomic mass is 10.2. The summed E-state index contributed by atoms with van der Waals surface area (Å²) in [6.07, 6.45) is 5.40. The van der Waals surface area contributed by atoms with Crippen molar-refractivity contribution in [1.82, 2.24) is 4.57 Å². The van der Waals surface area contributed by atoms with Crippen molar-refractivity contribution in [2.24, 2.45) is 0 Å². The van der Waals surface area contributed by atoms with Crippen molar-refractivity contribution in [3.05, 3.63) is 24.0 Å². The fourth-order valence-corrected chi connectivity index (χ4v) is 1.34. The van der Waals surface area contributed by atoms with Gasteiger partial charge in [-0.1, -0.05) is 6.92 Å². The lowest BCUT2D eigenvalue weighted by molar-refractivity contribution is 0.0988. The fraction of sp³-hybridized carbons (Fsp3) is 0.545. The number of nitrogens with zero attached hydrogens (tertiary/aromatic N) is 1.